The van der Waals surface area contributed by atoms with E-state index < -0.39 is 40.0 Å². The van der Waals surface area contributed by atoms with E-state index >= 15 is 0 Å². The van der Waals surface area contributed by atoms with Crippen molar-refractivity contribution in [2.75, 3.05) is 4.90 Å². The van der Waals surface area contributed by atoms with Gasteiger partial charge < -0.3 is 14.2 Å². The molecule has 0 saturated heterocycles. The van der Waals surface area contributed by atoms with Gasteiger partial charge in [-0.05, 0) is 74.4 Å². The van der Waals surface area contributed by atoms with Crippen molar-refractivity contribution in [1.29, 1.82) is 0 Å². The molecule has 14 heteroatoms. The highest BCUT2D eigenvalue weighted by Crippen LogP contribution is 2.30. The molecule has 14 nitrogen and oxygen atoms in total. The number of rotatable bonds is 3. The number of carbonyl (C=O) groups is 3. The summed E-state index contributed by atoms with van der Waals surface area (Å²) < 4.78 is 17.1. The van der Waals surface area contributed by atoms with E-state index in [2.05, 4.69) is 15.1 Å². The van der Waals surface area contributed by atoms with E-state index in [-0.39, 0.29) is 28.4 Å². The third kappa shape index (κ3) is 7.27. The average Bonchev–Trinajstić information content (AvgIpc) is 3.14. The van der Waals surface area contributed by atoms with Crippen LogP contribution in [0.2, 0.25) is 0 Å². The first-order chi connectivity index (χ1) is 18.3. The average molecular weight is 557 g/mol. The number of anilines is 1. The predicted molar refractivity (Wildman–Crippen MR) is 144 cm³/mol. The molecule has 0 radical (unpaired) electrons. The molecule has 0 saturated carbocycles. The van der Waals surface area contributed by atoms with Crippen molar-refractivity contribution in [3.05, 3.63) is 40.6 Å². The largest absolute Gasteiger partial charge is 0.443 e. The molecule has 0 bridgehead atoms. The van der Waals surface area contributed by atoms with Gasteiger partial charge in [-0.15, -0.1) is 9.78 Å². The van der Waals surface area contributed by atoms with Gasteiger partial charge in [-0.2, -0.15) is 4.90 Å². The van der Waals surface area contributed by atoms with Gasteiger partial charge in [0.25, 0.3) is 5.69 Å². The Kier molecular flexibility index (Phi) is 7.86. The van der Waals surface area contributed by atoms with Crippen LogP contribution >= 0.6 is 0 Å². The normalized spacial score (nSPS) is 12.1. The van der Waals surface area contributed by atoms with Gasteiger partial charge >= 0.3 is 18.3 Å². The molecule has 0 unspecified atom stereocenters. The first kappa shape index (κ1) is 29.9. The molecule has 0 fully saturated rings. The van der Waals surface area contributed by atoms with Crippen LogP contribution < -0.4 is 4.90 Å². The molecular formula is C26H32N6O8. The van der Waals surface area contributed by atoms with Gasteiger partial charge in [-0.25, -0.2) is 24.4 Å². The van der Waals surface area contributed by atoms with Gasteiger partial charge in [0.05, 0.1) is 10.3 Å². The van der Waals surface area contributed by atoms with Crippen LogP contribution in [-0.4, -0.2) is 59.8 Å². The number of nitro benzene ring substituents is 1. The number of hydrogen-bond donors (Lipinski definition) is 0. The molecule has 0 atom stereocenters. The second-order valence-corrected chi connectivity index (χ2v) is 11.7. The van der Waals surface area contributed by atoms with E-state index in [1.807, 2.05) is 0 Å². The zero-order valence-electron chi connectivity index (χ0n) is 23.8. The van der Waals surface area contributed by atoms with Gasteiger partial charge in [-0.1, -0.05) is 0 Å². The Balaban J connectivity index is 2.25. The van der Waals surface area contributed by atoms with Crippen molar-refractivity contribution < 1.29 is 33.5 Å². The van der Waals surface area contributed by atoms with Gasteiger partial charge in [-0.3, -0.25) is 10.1 Å². The van der Waals surface area contributed by atoms with Crippen LogP contribution in [0.15, 0.2) is 30.5 Å². The summed E-state index contributed by atoms with van der Waals surface area (Å²) in [6, 6.07) is 5.46. The third-order valence-corrected chi connectivity index (χ3v) is 4.67. The number of nitrogens with zero attached hydrogens (tertiary/aromatic N) is 6. The third-order valence-electron chi connectivity index (χ3n) is 4.67. The molecule has 0 aliphatic heterocycles. The van der Waals surface area contributed by atoms with Crippen LogP contribution in [0, 0.1) is 10.1 Å². The smallest absolute Gasteiger partial charge is 0.437 e. The highest BCUT2D eigenvalue weighted by molar-refractivity contribution is 6.14. The van der Waals surface area contributed by atoms with Crippen molar-refractivity contribution >= 4 is 40.8 Å². The molecule has 2 amide bonds. The Morgan fingerprint density at radius 1 is 0.850 bits per heavy atom. The SMILES string of the molecule is CC(C)(C)OC(=O)N(C(=O)OC(C)(C)C)c1nn(C(=O)OC(C)(C)C)c2nc(-c3ccc([N+](=O)[O-])cc3)ncc12. The topological polar surface area (TPSA) is 169 Å². The zero-order chi connectivity index (χ0) is 30.2. The van der Waals surface area contributed by atoms with Crippen LogP contribution in [0.25, 0.3) is 22.4 Å². The van der Waals surface area contributed by atoms with Crippen molar-refractivity contribution in [3.63, 3.8) is 0 Å². The Morgan fingerprint density at radius 3 is 1.80 bits per heavy atom. The highest BCUT2D eigenvalue weighted by Gasteiger charge is 2.37. The molecule has 2 heterocycles. The van der Waals surface area contributed by atoms with Crippen LogP contribution in [0.5, 0.6) is 0 Å². The van der Waals surface area contributed by atoms with E-state index in [4.69, 9.17) is 14.2 Å². The summed E-state index contributed by atoms with van der Waals surface area (Å²) >= 11 is 0. The monoisotopic (exact) mass is 556 g/mol. The number of ether oxygens (including phenoxy) is 3. The predicted octanol–water partition coefficient (Wildman–Crippen LogP) is 5.86. The highest BCUT2D eigenvalue weighted by atomic mass is 16.6. The Hall–Kier alpha value is -4.62. The molecule has 0 aliphatic carbocycles. The number of imide groups is 1. The van der Waals surface area contributed by atoms with Crippen molar-refractivity contribution in [2.24, 2.45) is 0 Å². The molecule has 1 aromatic carbocycles. The maximum atomic E-state index is 13.3. The van der Waals surface area contributed by atoms with Crippen LogP contribution in [0.3, 0.4) is 0 Å². The van der Waals surface area contributed by atoms with E-state index in [9.17, 15) is 24.5 Å². The lowest BCUT2D eigenvalue weighted by molar-refractivity contribution is -0.384. The number of benzene rings is 1. The summed E-state index contributed by atoms with van der Waals surface area (Å²) in [5.41, 5.74) is -2.70. The minimum absolute atomic E-state index is 0.0354. The summed E-state index contributed by atoms with van der Waals surface area (Å²) in [6.45, 7) is 14.7. The lowest BCUT2D eigenvalue weighted by Crippen LogP contribution is -2.44. The minimum Gasteiger partial charge on any atom is -0.443 e. The fourth-order valence-electron chi connectivity index (χ4n) is 3.22. The van der Waals surface area contributed by atoms with Crippen LogP contribution in [0.1, 0.15) is 62.3 Å². The summed E-state index contributed by atoms with van der Waals surface area (Å²) in [6.07, 6.45) is -1.87. The van der Waals surface area contributed by atoms with E-state index in [0.717, 1.165) is 4.68 Å². The summed E-state index contributed by atoms with van der Waals surface area (Å²) in [4.78, 5) is 59.5. The lowest BCUT2D eigenvalue weighted by Gasteiger charge is -2.27. The van der Waals surface area contributed by atoms with Gasteiger partial charge in [0, 0.05) is 23.9 Å². The summed E-state index contributed by atoms with van der Waals surface area (Å²) in [5, 5.41) is 15.3. The Labute approximate surface area is 230 Å². The fraction of sp³-hybridized carbons (Fsp3) is 0.462. The van der Waals surface area contributed by atoms with Crippen molar-refractivity contribution in [3.8, 4) is 11.4 Å². The Morgan fingerprint density at radius 2 is 1.35 bits per heavy atom. The number of aromatic nitrogens is 4. The number of nitro groups is 1. The molecule has 214 valence electrons. The summed E-state index contributed by atoms with van der Waals surface area (Å²) in [5.74, 6) is -0.223. The number of non-ortho nitro benzene ring substituents is 1. The first-order valence-electron chi connectivity index (χ1n) is 12.3. The first-order valence-corrected chi connectivity index (χ1v) is 12.3. The van der Waals surface area contributed by atoms with Gasteiger partial charge in [0.2, 0.25) is 0 Å². The van der Waals surface area contributed by atoms with E-state index in [1.54, 1.807) is 62.3 Å². The molecule has 0 N–H and O–H groups in total. The molecule has 0 spiro atoms. The molecule has 3 aromatic rings. The molecule has 2 aromatic heterocycles. The quantitative estimate of drug-likeness (QED) is 0.215. The van der Waals surface area contributed by atoms with E-state index in [0.29, 0.717) is 10.5 Å². The van der Waals surface area contributed by atoms with Gasteiger partial charge in [0.15, 0.2) is 17.3 Å². The van der Waals surface area contributed by atoms with Crippen molar-refractivity contribution in [1.82, 2.24) is 19.7 Å². The number of amides is 2. The number of fused-ring (bicyclic) bond motifs is 1. The fourth-order valence-corrected chi connectivity index (χ4v) is 3.22. The van der Waals surface area contributed by atoms with Crippen LogP contribution in [0.4, 0.5) is 25.9 Å². The minimum atomic E-state index is -1.10. The zero-order valence-corrected chi connectivity index (χ0v) is 23.8. The van der Waals surface area contributed by atoms with Crippen molar-refractivity contribution in [2.45, 2.75) is 79.1 Å². The number of carbonyl (C=O) groups excluding carboxylic acids is 3. The second kappa shape index (κ2) is 10.5. The summed E-state index contributed by atoms with van der Waals surface area (Å²) in [7, 11) is 0. The molecule has 3 rings (SSSR count). The Bertz CT molecular complexity index is 1430. The maximum Gasteiger partial charge on any atom is 0.437 e. The number of hydrogen-bond acceptors (Lipinski definition) is 11. The lowest BCUT2D eigenvalue weighted by atomic mass is 10.2. The molecular weight excluding hydrogens is 524 g/mol. The van der Waals surface area contributed by atoms with Crippen LogP contribution in [-0.2, 0) is 14.2 Å². The molecule has 40 heavy (non-hydrogen) atoms. The maximum absolute atomic E-state index is 13.3. The van der Waals surface area contributed by atoms with Gasteiger partial charge in [0.1, 0.15) is 16.8 Å². The molecule has 0 aliphatic rings. The second-order valence-electron chi connectivity index (χ2n) is 11.7. The van der Waals surface area contributed by atoms with E-state index in [1.165, 1.54) is 30.5 Å². The standard InChI is InChI=1S/C26H32N6O8/c1-24(2,3)38-21(33)30(22(34)39-25(4,5)6)20-17-14-27-18(15-10-12-16(13-11-15)32(36)37)28-19(17)31(29-20)23(35)40-26(7,8)9/h10-14H,1-9H3.